The van der Waals surface area contributed by atoms with E-state index in [2.05, 4.69) is 41.6 Å². The maximum atomic E-state index is 12.7. The molecule has 1 heterocycles. The number of aryl methyl sites for hydroxylation is 3. The molecule has 0 aliphatic carbocycles. The first-order valence-electron chi connectivity index (χ1n) is 10.1. The molecule has 5 nitrogen and oxygen atoms in total. The highest BCUT2D eigenvalue weighted by Crippen LogP contribution is 2.16. The lowest BCUT2D eigenvalue weighted by Crippen LogP contribution is -2.29. The van der Waals surface area contributed by atoms with Crippen molar-refractivity contribution in [2.75, 3.05) is 13.2 Å². The van der Waals surface area contributed by atoms with E-state index in [-0.39, 0.29) is 5.91 Å². The van der Waals surface area contributed by atoms with Crippen LogP contribution in [0.5, 0.6) is 5.75 Å². The highest BCUT2D eigenvalue weighted by molar-refractivity contribution is 5.96. The molecule has 0 aliphatic heterocycles. The summed E-state index contributed by atoms with van der Waals surface area (Å²) in [6, 6.07) is 16.4. The van der Waals surface area contributed by atoms with Gasteiger partial charge in [-0.15, -0.1) is 0 Å². The zero-order valence-corrected chi connectivity index (χ0v) is 17.7. The second-order valence-corrected chi connectivity index (χ2v) is 7.29. The van der Waals surface area contributed by atoms with E-state index in [1.807, 2.05) is 49.7 Å². The Hall–Kier alpha value is -3.08. The molecule has 1 amide bonds. The Bertz CT molecular complexity index is 974. The molecule has 0 unspecified atom stereocenters. The van der Waals surface area contributed by atoms with E-state index in [9.17, 15) is 4.79 Å². The Kier molecular flexibility index (Phi) is 6.70. The van der Waals surface area contributed by atoms with E-state index in [4.69, 9.17) is 4.74 Å². The zero-order chi connectivity index (χ0) is 20.8. The summed E-state index contributed by atoms with van der Waals surface area (Å²) in [7, 11) is 0. The number of ether oxygens (including phenoxy) is 1. The molecule has 0 fully saturated rings. The van der Waals surface area contributed by atoms with E-state index in [0.717, 1.165) is 29.1 Å². The van der Waals surface area contributed by atoms with Crippen LogP contribution in [0.4, 0.5) is 0 Å². The van der Waals surface area contributed by atoms with Gasteiger partial charge in [-0.1, -0.05) is 43.3 Å². The van der Waals surface area contributed by atoms with Crippen LogP contribution in [0.25, 0.3) is 0 Å². The van der Waals surface area contributed by atoms with Crippen molar-refractivity contribution >= 4 is 5.91 Å². The van der Waals surface area contributed by atoms with E-state index >= 15 is 0 Å². The number of hydrogen-bond donors (Lipinski definition) is 1. The number of hydrogen-bond acceptors (Lipinski definition) is 3. The van der Waals surface area contributed by atoms with Crippen LogP contribution in [-0.4, -0.2) is 28.8 Å². The summed E-state index contributed by atoms with van der Waals surface area (Å²) >= 11 is 0. The number of aromatic nitrogens is 2. The third kappa shape index (κ3) is 5.25. The molecular formula is C24H29N3O2. The number of nitrogens with one attached hydrogen (secondary N) is 1. The van der Waals surface area contributed by atoms with Crippen molar-refractivity contribution in [3.05, 3.63) is 82.2 Å². The molecule has 3 rings (SSSR count). The van der Waals surface area contributed by atoms with Crippen molar-refractivity contribution in [2.24, 2.45) is 0 Å². The second-order valence-electron chi connectivity index (χ2n) is 7.29. The van der Waals surface area contributed by atoms with Gasteiger partial charge in [-0.2, -0.15) is 5.10 Å². The fourth-order valence-corrected chi connectivity index (χ4v) is 3.36. The molecule has 5 heteroatoms. The average molecular weight is 392 g/mol. The maximum absolute atomic E-state index is 12.7. The standard InChI is InChI=1S/C24H29N3O2/c1-5-20-9-11-21(12-10-20)16-27-19(4)23(18(3)26-27)24(28)25-13-14-29-22-8-6-7-17(2)15-22/h6-12,15H,5,13-14,16H2,1-4H3,(H,25,28). The molecule has 0 spiro atoms. The van der Waals surface area contributed by atoms with Crippen LogP contribution < -0.4 is 10.1 Å². The van der Waals surface area contributed by atoms with Gasteiger partial charge in [0.25, 0.3) is 5.91 Å². The van der Waals surface area contributed by atoms with Gasteiger partial charge in [-0.25, -0.2) is 0 Å². The van der Waals surface area contributed by atoms with Crippen LogP contribution in [0.3, 0.4) is 0 Å². The van der Waals surface area contributed by atoms with Gasteiger partial charge in [0.15, 0.2) is 0 Å². The number of nitrogens with zero attached hydrogens (tertiary/aromatic N) is 2. The Morgan fingerprint density at radius 3 is 2.48 bits per heavy atom. The third-order valence-corrected chi connectivity index (χ3v) is 5.02. The van der Waals surface area contributed by atoms with Gasteiger partial charge < -0.3 is 10.1 Å². The first-order valence-corrected chi connectivity index (χ1v) is 10.1. The predicted molar refractivity (Wildman–Crippen MR) is 116 cm³/mol. The van der Waals surface area contributed by atoms with Crippen molar-refractivity contribution in [2.45, 2.75) is 40.7 Å². The fraction of sp³-hybridized carbons (Fsp3) is 0.333. The lowest BCUT2D eigenvalue weighted by Gasteiger charge is -2.09. The fourth-order valence-electron chi connectivity index (χ4n) is 3.36. The number of carbonyl (C=O) groups excluding carboxylic acids is 1. The average Bonchev–Trinajstić information content (AvgIpc) is 2.99. The molecule has 2 aromatic carbocycles. The largest absolute Gasteiger partial charge is 0.492 e. The molecule has 0 bridgehead atoms. The Morgan fingerprint density at radius 2 is 1.79 bits per heavy atom. The van der Waals surface area contributed by atoms with Gasteiger partial charge in [-0.05, 0) is 56.0 Å². The van der Waals surface area contributed by atoms with E-state index in [0.29, 0.717) is 25.3 Å². The zero-order valence-electron chi connectivity index (χ0n) is 17.7. The highest BCUT2D eigenvalue weighted by atomic mass is 16.5. The van der Waals surface area contributed by atoms with Gasteiger partial charge in [0.1, 0.15) is 12.4 Å². The topological polar surface area (TPSA) is 56.2 Å². The predicted octanol–water partition coefficient (Wildman–Crippen LogP) is 4.23. The minimum atomic E-state index is -0.111. The van der Waals surface area contributed by atoms with Gasteiger partial charge in [0.05, 0.1) is 24.3 Å². The Labute approximate surface area is 172 Å². The maximum Gasteiger partial charge on any atom is 0.255 e. The van der Waals surface area contributed by atoms with Crippen LogP contribution >= 0.6 is 0 Å². The monoisotopic (exact) mass is 391 g/mol. The summed E-state index contributed by atoms with van der Waals surface area (Å²) < 4.78 is 7.60. The van der Waals surface area contributed by atoms with Crippen molar-refractivity contribution in [3.63, 3.8) is 0 Å². The third-order valence-electron chi connectivity index (χ3n) is 5.02. The molecule has 1 N–H and O–H groups in total. The summed E-state index contributed by atoms with van der Waals surface area (Å²) in [5.74, 6) is 0.703. The minimum Gasteiger partial charge on any atom is -0.492 e. The van der Waals surface area contributed by atoms with Crippen molar-refractivity contribution in [1.29, 1.82) is 0 Å². The Morgan fingerprint density at radius 1 is 1.07 bits per heavy atom. The van der Waals surface area contributed by atoms with Crippen molar-refractivity contribution < 1.29 is 9.53 Å². The molecular weight excluding hydrogens is 362 g/mol. The van der Waals surface area contributed by atoms with Crippen LogP contribution in [0.2, 0.25) is 0 Å². The van der Waals surface area contributed by atoms with Gasteiger partial charge in [0, 0.05) is 5.69 Å². The van der Waals surface area contributed by atoms with Gasteiger partial charge in [-0.3, -0.25) is 9.48 Å². The normalized spacial score (nSPS) is 10.8. The first kappa shape index (κ1) is 20.6. The summed E-state index contributed by atoms with van der Waals surface area (Å²) in [4.78, 5) is 12.7. The van der Waals surface area contributed by atoms with E-state index in [1.54, 1.807) is 0 Å². The van der Waals surface area contributed by atoms with Crippen LogP contribution in [0.15, 0.2) is 48.5 Å². The quantitative estimate of drug-likeness (QED) is 0.585. The molecule has 0 saturated carbocycles. The number of benzene rings is 2. The highest BCUT2D eigenvalue weighted by Gasteiger charge is 2.18. The van der Waals surface area contributed by atoms with E-state index < -0.39 is 0 Å². The van der Waals surface area contributed by atoms with E-state index in [1.165, 1.54) is 11.1 Å². The first-order chi connectivity index (χ1) is 14.0. The molecule has 1 aromatic heterocycles. The SMILES string of the molecule is CCc1ccc(Cn2nc(C)c(C(=O)NCCOc3cccc(C)c3)c2C)cc1. The molecule has 29 heavy (non-hydrogen) atoms. The molecule has 0 aliphatic rings. The van der Waals surface area contributed by atoms with Gasteiger partial charge in [0.2, 0.25) is 0 Å². The van der Waals surface area contributed by atoms with Gasteiger partial charge >= 0.3 is 0 Å². The minimum absolute atomic E-state index is 0.111. The summed E-state index contributed by atoms with van der Waals surface area (Å²) in [5, 5.41) is 7.52. The number of amides is 1. The van der Waals surface area contributed by atoms with Crippen LogP contribution in [0.1, 0.15) is 45.4 Å². The number of carbonyl (C=O) groups is 1. The summed E-state index contributed by atoms with van der Waals surface area (Å²) in [6.07, 6.45) is 1.03. The molecule has 0 saturated heterocycles. The molecule has 3 aromatic rings. The summed E-state index contributed by atoms with van der Waals surface area (Å²) in [5.41, 5.74) is 5.89. The van der Waals surface area contributed by atoms with Crippen molar-refractivity contribution in [3.8, 4) is 5.75 Å². The summed E-state index contributed by atoms with van der Waals surface area (Å²) in [6.45, 7) is 9.50. The van der Waals surface area contributed by atoms with Crippen LogP contribution in [0, 0.1) is 20.8 Å². The smallest absolute Gasteiger partial charge is 0.255 e. The molecule has 152 valence electrons. The lowest BCUT2D eigenvalue weighted by molar-refractivity contribution is 0.0945. The van der Waals surface area contributed by atoms with Crippen molar-refractivity contribution in [1.82, 2.24) is 15.1 Å². The second kappa shape index (κ2) is 9.41. The lowest BCUT2D eigenvalue weighted by atomic mass is 10.1. The molecule has 0 radical (unpaired) electrons. The Balaban J connectivity index is 1.58. The van der Waals surface area contributed by atoms with Crippen LogP contribution in [-0.2, 0) is 13.0 Å². The molecule has 0 atom stereocenters. The number of rotatable bonds is 8.